The van der Waals surface area contributed by atoms with Crippen LogP contribution in [0.4, 0.5) is 0 Å². The van der Waals surface area contributed by atoms with Crippen molar-refractivity contribution in [2.45, 2.75) is 5.92 Å². The van der Waals surface area contributed by atoms with Gasteiger partial charge >= 0.3 is 0 Å². The van der Waals surface area contributed by atoms with Gasteiger partial charge in [0.1, 0.15) is 11.5 Å². The van der Waals surface area contributed by atoms with E-state index in [-0.39, 0.29) is 17.4 Å². The van der Waals surface area contributed by atoms with Crippen molar-refractivity contribution in [3.05, 3.63) is 95.6 Å². The lowest BCUT2D eigenvalue weighted by atomic mass is 9.85. The molecule has 0 aliphatic rings. The van der Waals surface area contributed by atoms with Crippen molar-refractivity contribution < 1.29 is 10.2 Å². The van der Waals surface area contributed by atoms with E-state index < -0.39 is 0 Å². The van der Waals surface area contributed by atoms with Gasteiger partial charge in [0.2, 0.25) is 0 Å². The Labute approximate surface area is 123 Å². The Kier molecular flexibility index (Phi) is 3.61. The van der Waals surface area contributed by atoms with E-state index in [1.807, 2.05) is 42.5 Å². The zero-order valence-corrected chi connectivity index (χ0v) is 11.5. The first kappa shape index (κ1) is 13.3. The van der Waals surface area contributed by atoms with Crippen LogP contribution in [0.15, 0.2) is 78.9 Å². The van der Waals surface area contributed by atoms with Crippen molar-refractivity contribution in [3.8, 4) is 11.5 Å². The number of rotatable bonds is 3. The highest BCUT2D eigenvalue weighted by molar-refractivity contribution is 5.46. The third-order valence-electron chi connectivity index (χ3n) is 3.54. The molecule has 0 aromatic heterocycles. The van der Waals surface area contributed by atoms with Crippen LogP contribution < -0.4 is 0 Å². The number of aromatic hydroxyl groups is 2. The summed E-state index contributed by atoms with van der Waals surface area (Å²) in [5.74, 6) is 0.465. The largest absolute Gasteiger partial charge is 0.508 e. The van der Waals surface area contributed by atoms with Gasteiger partial charge in [-0.2, -0.15) is 0 Å². The Morgan fingerprint density at radius 1 is 0.524 bits per heavy atom. The number of hydrogen-bond donors (Lipinski definition) is 2. The quantitative estimate of drug-likeness (QED) is 0.701. The van der Waals surface area contributed by atoms with E-state index in [2.05, 4.69) is 12.1 Å². The average molecular weight is 276 g/mol. The van der Waals surface area contributed by atoms with Gasteiger partial charge in [-0.25, -0.2) is 0 Å². The van der Waals surface area contributed by atoms with E-state index >= 15 is 0 Å². The fourth-order valence-corrected chi connectivity index (χ4v) is 2.63. The number of phenols is 2. The van der Waals surface area contributed by atoms with Crippen molar-refractivity contribution in [3.63, 3.8) is 0 Å². The minimum Gasteiger partial charge on any atom is -0.508 e. The molecule has 3 aromatic rings. The van der Waals surface area contributed by atoms with Crippen LogP contribution in [-0.4, -0.2) is 10.2 Å². The highest BCUT2D eigenvalue weighted by Gasteiger charge is 2.17. The lowest BCUT2D eigenvalue weighted by Gasteiger charge is -2.19. The normalized spacial score (nSPS) is 10.7. The molecular formula is C19H16O2. The fraction of sp³-hybridized carbons (Fsp3) is 0.0526. The van der Waals surface area contributed by atoms with Crippen LogP contribution in [0.5, 0.6) is 11.5 Å². The lowest BCUT2D eigenvalue weighted by molar-refractivity contribution is 0.474. The predicted molar refractivity (Wildman–Crippen MR) is 83.6 cm³/mol. The van der Waals surface area contributed by atoms with Crippen molar-refractivity contribution in [2.24, 2.45) is 0 Å². The average Bonchev–Trinajstić information content (AvgIpc) is 2.49. The summed E-state index contributed by atoms with van der Waals surface area (Å²) in [5.41, 5.74) is 3.10. The summed E-state index contributed by atoms with van der Waals surface area (Å²) in [5, 5.41) is 19.5. The van der Waals surface area contributed by atoms with Crippen LogP contribution in [0.3, 0.4) is 0 Å². The molecule has 0 atom stereocenters. The van der Waals surface area contributed by atoms with Crippen LogP contribution in [0.1, 0.15) is 22.6 Å². The van der Waals surface area contributed by atoms with Crippen molar-refractivity contribution in [1.29, 1.82) is 0 Å². The maximum absolute atomic E-state index is 9.76. The smallest absolute Gasteiger partial charge is 0.115 e. The Morgan fingerprint density at radius 2 is 1.00 bits per heavy atom. The number of hydrogen-bond acceptors (Lipinski definition) is 2. The number of benzene rings is 3. The highest BCUT2D eigenvalue weighted by Crippen LogP contribution is 2.34. The van der Waals surface area contributed by atoms with Crippen LogP contribution in [0.2, 0.25) is 0 Å². The van der Waals surface area contributed by atoms with Crippen molar-refractivity contribution >= 4 is 0 Å². The molecule has 3 aromatic carbocycles. The third-order valence-corrected chi connectivity index (χ3v) is 3.54. The van der Waals surface area contributed by atoms with E-state index in [4.69, 9.17) is 0 Å². The molecule has 2 heteroatoms. The van der Waals surface area contributed by atoms with Crippen molar-refractivity contribution in [1.82, 2.24) is 0 Å². The summed E-state index contributed by atoms with van der Waals surface area (Å²) in [6.45, 7) is 0. The second-order valence-electron chi connectivity index (χ2n) is 5.03. The summed E-state index contributed by atoms with van der Waals surface area (Å²) in [4.78, 5) is 0. The third kappa shape index (κ3) is 2.90. The number of phenolic OH excluding ortho intramolecular Hbond substituents is 2. The maximum Gasteiger partial charge on any atom is 0.115 e. The first-order chi connectivity index (χ1) is 10.2. The first-order valence-corrected chi connectivity index (χ1v) is 6.87. The highest BCUT2D eigenvalue weighted by atomic mass is 16.3. The molecule has 21 heavy (non-hydrogen) atoms. The van der Waals surface area contributed by atoms with Gasteiger partial charge in [-0.15, -0.1) is 0 Å². The molecule has 0 saturated carbocycles. The maximum atomic E-state index is 9.76. The van der Waals surface area contributed by atoms with Gasteiger partial charge in [0.25, 0.3) is 0 Å². The van der Waals surface area contributed by atoms with Gasteiger partial charge in [0.15, 0.2) is 0 Å². The van der Waals surface area contributed by atoms with Gasteiger partial charge in [-0.1, -0.05) is 54.6 Å². The standard InChI is InChI=1S/C19H16O2/c20-17-10-4-8-15(12-17)19(14-6-2-1-3-7-14)16-9-5-11-18(21)13-16/h1-13,19-21H. The summed E-state index contributed by atoms with van der Waals surface area (Å²) < 4.78 is 0. The van der Waals surface area contributed by atoms with Gasteiger partial charge in [0, 0.05) is 5.92 Å². The zero-order valence-electron chi connectivity index (χ0n) is 11.5. The van der Waals surface area contributed by atoms with E-state index in [1.165, 1.54) is 0 Å². The van der Waals surface area contributed by atoms with E-state index in [1.54, 1.807) is 24.3 Å². The second-order valence-corrected chi connectivity index (χ2v) is 5.03. The molecule has 3 rings (SSSR count). The van der Waals surface area contributed by atoms with Crippen molar-refractivity contribution in [2.75, 3.05) is 0 Å². The minimum absolute atomic E-state index is 0.0228. The molecule has 2 N–H and O–H groups in total. The first-order valence-electron chi connectivity index (χ1n) is 6.87. The van der Waals surface area contributed by atoms with Crippen LogP contribution >= 0.6 is 0 Å². The second kappa shape index (κ2) is 5.71. The molecule has 0 bridgehead atoms. The van der Waals surface area contributed by atoms with Crippen LogP contribution in [0.25, 0.3) is 0 Å². The summed E-state index contributed by atoms with van der Waals surface area (Å²) >= 11 is 0. The summed E-state index contributed by atoms with van der Waals surface area (Å²) in [6.07, 6.45) is 0. The van der Waals surface area contributed by atoms with Gasteiger partial charge in [-0.05, 0) is 41.0 Å². The minimum atomic E-state index is -0.0228. The molecular weight excluding hydrogens is 260 g/mol. The molecule has 0 radical (unpaired) electrons. The molecule has 0 saturated heterocycles. The lowest BCUT2D eigenvalue weighted by Crippen LogP contribution is -2.03. The Bertz CT molecular complexity index is 690. The molecule has 2 nitrogen and oxygen atoms in total. The Balaban J connectivity index is 2.16. The zero-order chi connectivity index (χ0) is 14.7. The molecule has 0 unspecified atom stereocenters. The van der Waals surface area contributed by atoms with Gasteiger partial charge in [0.05, 0.1) is 0 Å². The van der Waals surface area contributed by atoms with Gasteiger partial charge in [-0.3, -0.25) is 0 Å². The van der Waals surface area contributed by atoms with E-state index in [9.17, 15) is 10.2 Å². The molecule has 0 aliphatic heterocycles. The topological polar surface area (TPSA) is 40.5 Å². The summed E-state index contributed by atoms with van der Waals surface area (Å²) in [7, 11) is 0. The fourth-order valence-electron chi connectivity index (χ4n) is 2.63. The molecule has 0 fully saturated rings. The molecule has 0 heterocycles. The van der Waals surface area contributed by atoms with Crippen LogP contribution in [-0.2, 0) is 0 Å². The SMILES string of the molecule is Oc1cccc(C(c2ccccc2)c2cccc(O)c2)c1. The molecule has 0 spiro atoms. The van der Waals surface area contributed by atoms with E-state index in [0.29, 0.717) is 0 Å². The molecule has 104 valence electrons. The predicted octanol–water partition coefficient (Wildman–Crippen LogP) is 4.28. The van der Waals surface area contributed by atoms with Crippen LogP contribution in [0, 0.1) is 0 Å². The Hall–Kier alpha value is -2.74. The monoisotopic (exact) mass is 276 g/mol. The summed E-state index contributed by atoms with van der Waals surface area (Å²) in [6, 6.07) is 24.6. The van der Waals surface area contributed by atoms with E-state index in [0.717, 1.165) is 16.7 Å². The molecule has 0 aliphatic carbocycles. The molecule has 0 amide bonds. The van der Waals surface area contributed by atoms with Gasteiger partial charge < -0.3 is 10.2 Å². The Morgan fingerprint density at radius 3 is 1.48 bits per heavy atom.